The van der Waals surface area contributed by atoms with Gasteiger partial charge in [-0.1, -0.05) is 53.0 Å². The number of likely N-dealkylation sites (tertiary alicyclic amines) is 1. The molecule has 4 nitrogen and oxygen atoms in total. The van der Waals surface area contributed by atoms with Crippen molar-refractivity contribution in [3.63, 3.8) is 0 Å². The van der Waals surface area contributed by atoms with Crippen molar-refractivity contribution in [1.82, 2.24) is 14.3 Å². The minimum absolute atomic E-state index is 0.0419. The van der Waals surface area contributed by atoms with E-state index in [0.29, 0.717) is 17.1 Å². The first-order valence-corrected chi connectivity index (χ1v) is 10.3. The van der Waals surface area contributed by atoms with Crippen LogP contribution >= 0.6 is 0 Å². The van der Waals surface area contributed by atoms with E-state index in [1.54, 1.807) is 16.7 Å². The average Bonchev–Trinajstić information content (AvgIpc) is 3.26. The lowest BCUT2D eigenvalue weighted by atomic mass is 9.99. The first-order valence-electron chi connectivity index (χ1n) is 10.3. The highest BCUT2D eigenvalue weighted by atomic mass is 19.2. The Hall–Kier alpha value is -2.92. The number of benzene rings is 3. The largest absolute Gasteiger partial charge is 0.357 e. The van der Waals surface area contributed by atoms with E-state index in [1.165, 1.54) is 21.9 Å². The minimum Gasteiger partial charge on any atom is -0.296 e. The molecule has 2 aliphatic rings. The van der Waals surface area contributed by atoms with Gasteiger partial charge in [-0.15, -0.1) is 4.79 Å². The second-order valence-electron chi connectivity index (χ2n) is 8.27. The van der Waals surface area contributed by atoms with Gasteiger partial charge in [0.05, 0.1) is 5.52 Å². The first-order chi connectivity index (χ1) is 14.2. The van der Waals surface area contributed by atoms with E-state index in [2.05, 4.69) is 41.3 Å². The predicted molar refractivity (Wildman–Crippen MR) is 113 cm³/mol. The van der Waals surface area contributed by atoms with Gasteiger partial charge >= 0.3 is 5.69 Å². The van der Waals surface area contributed by atoms with Crippen LogP contribution in [0.5, 0.6) is 0 Å². The number of halogens is 1. The maximum Gasteiger partial charge on any atom is 0.357 e. The van der Waals surface area contributed by atoms with Crippen molar-refractivity contribution in [2.75, 3.05) is 13.1 Å². The number of hydrogen-bond acceptors (Lipinski definition) is 2. The fourth-order valence-corrected chi connectivity index (χ4v) is 5.48. The second kappa shape index (κ2) is 6.29. The van der Waals surface area contributed by atoms with E-state index in [1.807, 2.05) is 12.1 Å². The van der Waals surface area contributed by atoms with Gasteiger partial charge in [0.2, 0.25) is 0 Å². The summed E-state index contributed by atoms with van der Waals surface area (Å²) in [7, 11) is 0. The maximum absolute atomic E-state index is 14.3. The van der Waals surface area contributed by atoms with Gasteiger partial charge < -0.3 is 0 Å². The Morgan fingerprint density at radius 2 is 1.59 bits per heavy atom. The number of imidazole rings is 1. The number of para-hydroxylation sites is 2. The predicted octanol–water partition coefficient (Wildman–Crippen LogP) is 4.62. The molecule has 6 rings (SSSR count). The smallest absolute Gasteiger partial charge is 0.296 e. The normalized spacial score (nSPS) is 20.1. The van der Waals surface area contributed by atoms with Gasteiger partial charge in [0.25, 0.3) is 0 Å². The van der Waals surface area contributed by atoms with E-state index in [-0.39, 0.29) is 10.8 Å². The third-order valence-electron chi connectivity index (χ3n) is 6.83. The zero-order chi connectivity index (χ0) is 19.5. The number of hydrogen-bond donors (Lipinski definition) is 0. The van der Waals surface area contributed by atoms with Crippen LogP contribution in [0.4, 0.5) is 4.48 Å². The fraction of sp³-hybridized carbons (Fsp3) is 0.292. The molecule has 0 spiro atoms. The SMILES string of the molecule is O=c1n(F)c2ccccc2n1C1CCN(C2Cc3cccc4cccc2c34)CC1. The Labute approximate surface area is 167 Å². The quantitative estimate of drug-likeness (QED) is 0.502. The highest BCUT2D eigenvalue weighted by molar-refractivity contribution is 5.91. The average molecular weight is 387 g/mol. The summed E-state index contributed by atoms with van der Waals surface area (Å²) < 4.78 is 16.0. The molecular formula is C24H22FN3O. The Morgan fingerprint density at radius 3 is 2.38 bits per heavy atom. The van der Waals surface area contributed by atoms with Gasteiger partial charge in [0.1, 0.15) is 5.52 Å². The molecule has 4 aromatic rings. The maximum atomic E-state index is 14.3. The second-order valence-corrected chi connectivity index (χ2v) is 8.27. The molecule has 1 atom stereocenters. The van der Waals surface area contributed by atoms with Crippen molar-refractivity contribution in [3.8, 4) is 0 Å². The summed E-state index contributed by atoms with van der Waals surface area (Å²) in [6.07, 6.45) is 2.76. The van der Waals surface area contributed by atoms with Crippen LogP contribution in [0.15, 0.2) is 65.5 Å². The Kier molecular flexibility index (Phi) is 3.68. The topological polar surface area (TPSA) is 30.2 Å². The van der Waals surface area contributed by atoms with Gasteiger partial charge in [0.15, 0.2) is 0 Å². The summed E-state index contributed by atoms with van der Waals surface area (Å²) in [5, 5.41) is 2.73. The van der Waals surface area contributed by atoms with Crippen LogP contribution < -0.4 is 5.69 Å². The van der Waals surface area contributed by atoms with Crippen LogP contribution in [0.25, 0.3) is 21.8 Å². The van der Waals surface area contributed by atoms with Crippen LogP contribution in [-0.2, 0) is 6.42 Å². The molecule has 1 aliphatic heterocycles. The van der Waals surface area contributed by atoms with E-state index in [4.69, 9.17) is 0 Å². The zero-order valence-corrected chi connectivity index (χ0v) is 16.1. The van der Waals surface area contributed by atoms with Crippen LogP contribution in [0.3, 0.4) is 0 Å². The summed E-state index contributed by atoms with van der Waals surface area (Å²) in [5.74, 6) is 0. The summed E-state index contributed by atoms with van der Waals surface area (Å²) in [6.45, 7) is 1.83. The molecule has 0 amide bonds. The third kappa shape index (κ3) is 2.43. The van der Waals surface area contributed by atoms with Crippen molar-refractivity contribution in [1.29, 1.82) is 0 Å². The molecule has 1 unspecified atom stereocenters. The van der Waals surface area contributed by atoms with Gasteiger partial charge in [-0.05, 0) is 53.3 Å². The molecule has 3 aromatic carbocycles. The fourth-order valence-electron chi connectivity index (χ4n) is 5.48. The summed E-state index contributed by atoms with van der Waals surface area (Å²) >= 11 is 0. The van der Waals surface area contributed by atoms with E-state index in [0.717, 1.165) is 32.4 Å². The number of piperidine rings is 1. The molecule has 5 heteroatoms. The molecule has 0 saturated carbocycles. The van der Waals surface area contributed by atoms with Crippen LogP contribution in [0.2, 0.25) is 0 Å². The molecule has 0 radical (unpaired) electrons. The van der Waals surface area contributed by atoms with Gasteiger partial charge in [-0.25, -0.2) is 4.79 Å². The van der Waals surface area contributed by atoms with Crippen molar-refractivity contribution >= 4 is 21.8 Å². The molecule has 2 heterocycles. The molecule has 1 saturated heterocycles. The van der Waals surface area contributed by atoms with Crippen LogP contribution in [-0.4, -0.2) is 27.3 Å². The van der Waals surface area contributed by atoms with Gasteiger partial charge in [0, 0.05) is 25.2 Å². The number of fused-ring (bicyclic) bond motifs is 1. The standard InChI is InChI=1S/C24H22FN3O/c25-28-21-10-2-1-9-20(21)27(24(28)29)18-11-13-26(14-12-18)22-15-17-7-3-5-16-6-4-8-19(22)23(16)17/h1-10,18,22H,11-15H2. The molecule has 0 N–H and O–H groups in total. The molecular weight excluding hydrogens is 365 g/mol. The van der Waals surface area contributed by atoms with Gasteiger partial charge in [-0.2, -0.15) is 0 Å². The summed E-state index contributed by atoms with van der Waals surface area (Å²) in [4.78, 5) is 15.4. The first kappa shape index (κ1) is 17.0. The van der Waals surface area contributed by atoms with Crippen molar-refractivity contribution in [3.05, 3.63) is 82.3 Å². The summed E-state index contributed by atoms with van der Waals surface area (Å²) in [6, 6.07) is 20.8. The Bertz CT molecular complexity index is 1290. The number of nitrogens with zero attached hydrogens (tertiary/aromatic N) is 3. The molecule has 1 aromatic heterocycles. The van der Waals surface area contributed by atoms with Crippen LogP contribution in [0, 0.1) is 0 Å². The lowest BCUT2D eigenvalue weighted by Crippen LogP contribution is -2.39. The minimum atomic E-state index is -0.553. The number of rotatable bonds is 2. The van der Waals surface area contributed by atoms with E-state index < -0.39 is 5.69 Å². The lowest BCUT2D eigenvalue weighted by molar-refractivity contribution is 0.136. The Morgan fingerprint density at radius 1 is 0.862 bits per heavy atom. The lowest BCUT2D eigenvalue weighted by Gasteiger charge is -2.36. The third-order valence-corrected chi connectivity index (χ3v) is 6.83. The van der Waals surface area contributed by atoms with Crippen molar-refractivity contribution < 1.29 is 4.48 Å². The molecule has 1 aliphatic carbocycles. The monoisotopic (exact) mass is 387 g/mol. The molecule has 29 heavy (non-hydrogen) atoms. The number of aromatic nitrogens is 2. The Balaban J connectivity index is 1.29. The van der Waals surface area contributed by atoms with Gasteiger partial charge in [-0.3, -0.25) is 9.47 Å². The highest BCUT2D eigenvalue weighted by Gasteiger charge is 2.33. The molecule has 146 valence electrons. The zero-order valence-electron chi connectivity index (χ0n) is 16.1. The summed E-state index contributed by atoms with van der Waals surface area (Å²) in [5.41, 5.74) is 3.35. The van der Waals surface area contributed by atoms with Crippen molar-refractivity contribution in [2.24, 2.45) is 0 Å². The van der Waals surface area contributed by atoms with Crippen LogP contribution in [0.1, 0.15) is 36.1 Å². The van der Waals surface area contributed by atoms with E-state index >= 15 is 0 Å². The van der Waals surface area contributed by atoms with Crippen molar-refractivity contribution in [2.45, 2.75) is 31.3 Å². The molecule has 0 bridgehead atoms. The molecule has 1 fully saturated rings. The highest BCUT2D eigenvalue weighted by Crippen LogP contribution is 2.41. The van der Waals surface area contributed by atoms with E-state index in [9.17, 15) is 9.28 Å².